The van der Waals surface area contributed by atoms with Crippen LogP contribution in [0.1, 0.15) is 29.9 Å². The monoisotopic (exact) mass is 336 g/mol. The zero-order chi connectivity index (χ0) is 17.6. The highest BCUT2D eigenvalue weighted by Gasteiger charge is 2.30. The summed E-state index contributed by atoms with van der Waals surface area (Å²) < 4.78 is 0. The number of amides is 2. The number of nitrogens with zero attached hydrogens (tertiary/aromatic N) is 1. The van der Waals surface area contributed by atoms with Gasteiger partial charge in [0.2, 0.25) is 11.8 Å². The minimum atomic E-state index is -0.306. The Labute approximate surface area is 148 Å². The van der Waals surface area contributed by atoms with Crippen molar-refractivity contribution < 1.29 is 9.59 Å². The number of carbonyl (C=O) groups excluding carboxylic acids is 2. The third-order valence-electron chi connectivity index (χ3n) is 4.96. The fourth-order valence-corrected chi connectivity index (χ4v) is 3.49. The zero-order valence-electron chi connectivity index (χ0n) is 14.3. The third-order valence-corrected chi connectivity index (χ3v) is 4.96. The summed E-state index contributed by atoms with van der Waals surface area (Å²) in [7, 11) is 0. The summed E-state index contributed by atoms with van der Waals surface area (Å²) in [5, 5.41) is 0. The summed E-state index contributed by atoms with van der Waals surface area (Å²) in [4.78, 5) is 25.9. The molecule has 0 saturated carbocycles. The van der Waals surface area contributed by atoms with E-state index in [1.54, 1.807) is 4.90 Å². The van der Waals surface area contributed by atoms with Gasteiger partial charge in [-0.3, -0.25) is 9.59 Å². The van der Waals surface area contributed by atoms with Crippen molar-refractivity contribution in [3.8, 4) is 0 Å². The molecule has 1 saturated heterocycles. The van der Waals surface area contributed by atoms with E-state index in [0.29, 0.717) is 25.9 Å². The largest absolute Gasteiger partial charge is 0.369 e. The van der Waals surface area contributed by atoms with Gasteiger partial charge in [0.15, 0.2) is 0 Å². The van der Waals surface area contributed by atoms with Crippen LogP contribution in [0.15, 0.2) is 60.7 Å². The Hall–Kier alpha value is -2.62. The number of hydrogen-bond acceptors (Lipinski definition) is 2. The summed E-state index contributed by atoms with van der Waals surface area (Å²) in [5.74, 6) is -0.273. The fourth-order valence-electron chi connectivity index (χ4n) is 3.49. The second-order valence-electron chi connectivity index (χ2n) is 6.73. The zero-order valence-corrected chi connectivity index (χ0v) is 14.3. The number of primary amides is 1. The standard InChI is InChI=1S/C21H24N2O2/c22-21(25)18-11-12-23(15-18)20(24)14-19(17-9-5-2-6-10-17)13-16-7-3-1-4-8-16/h1-10,18-19H,11-15H2,(H2,22,25)/t18-,19-/m0/s1. The molecule has 0 spiro atoms. The van der Waals surface area contributed by atoms with Crippen LogP contribution in [0, 0.1) is 5.92 Å². The molecule has 1 aliphatic heterocycles. The van der Waals surface area contributed by atoms with E-state index in [4.69, 9.17) is 5.73 Å². The molecule has 0 bridgehead atoms. The summed E-state index contributed by atoms with van der Waals surface area (Å²) in [6, 6.07) is 20.4. The molecule has 4 nitrogen and oxygen atoms in total. The Morgan fingerprint density at radius 1 is 1.04 bits per heavy atom. The topological polar surface area (TPSA) is 63.4 Å². The minimum Gasteiger partial charge on any atom is -0.369 e. The average Bonchev–Trinajstić information content (AvgIpc) is 3.13. The highest BCUT2D eigenvalue weighted by molar-refractivity contribution is 5.81. The molecular formula is C21H24N2O2. The van der Waals surface area contributed by atoms with E-state index in [1.165, 1.54) is 11.1 Å². The van der Waals surface area contributed by atoms with Crippen molar-refractivity contribution >= 4 is 11.8 Å². The van der Waals surface area contributed by atoms with Gasteiger partial charge in [0.05, 0.1) is 5.92 Å². The lowest BCUT2D eigenvalue weighted by Gasteiger charge is -2.22. The van der Waals surface area contributed by atoms with E-state index < -0.39 is 0 Å². The van der Waals surface area contributed by atoms with E-state index in [9.17, 15) is 9.59 Å². The van der Waals surface area contributed by atoms with Gasteiger partial charge in [0.1, 0.15) is 0 Å². The van der Waals surface area contributed by atoms with Gasteiger partial charge in [-0.1, -0.05) is 60.7 Å². The molecule has 25 heavy (non-hydrogen) atoms. The molecule has 0 aliphatic carbocycles. The molecule has 1 heterocycles. The predicted octanol–water partition coefficient (Wildman–Crippen LogP) is 2.74. The van der Waals surface area contributed by atoms with Gasteiger partial charge in [-0.05, 0) is 29.9 Å². The Bertz CT molecular complexity index is 715. The van der Waals surface area contributed by atoms with Crippen LogP contribution in [-0.4, -0.2) is 29.8 Å². The van der Waals surface area contributed by atoms with Gasteiger partial charge in [-0.2, -0.15) is 0 Å². The van der Waals surface area contributed by atoms with Gasteiger partial charge in [0.25, 0.3) is 0 Å². The lowest BCUT2D eigenvalue weighted by atomic mass is 9.89. The second kappa shape index (κ2) is 7.97. The predicted molar refractivity (Wildman–Crippen MR) is 97.8 cm³/mol. The normalized spacial score (nSPS) is 18.1. The van der Waals surface area contributed by atoms with E-state index in [1.807, 2.05) is 36.4 Å². The van der Waals surface area contributed by atoms with E-state index >= 15 is 0 Å². The molecule has 1 aliphatic rings. The molecule has 2 aromatic carbocycles. The van der Waals surface area contributed by atoms with Crippen molar-refractivity contribution in [3.05, 3.63) is 71.8 Å². The Balaban J connectivity index is 1.71. The number of nitrogens with two attached hydrogens (primary N) is 1. The smallest absolute Gasteiger partial charge is 0.223 e. The van der Waals surface area contributed by atoms with Crippen LogP contribution in [0.5, 0.6) is 0 Å². The molecule has 0 aromatic heterocycles. The van der Waals surface area contributed by atoms with Crippen molar-refractivity contribution in [1.29, 1.82) is 0 Å². The molecule has 2 atom stereocenters. The van der Waals surface area contributed by atoms with Crippen LogP contribution in [0.2, 0.25) is 0 Å². The molecule has 0 radical (unpaired) electrons. The van der Waals surface area contributed by atoms with Crippen molar-refractivity contribution in [1.82, 2.24) is 4.90 Å². The summed E-state index contributed by atoms with van der Waals surface area (Å²) in [5.41, 5.74) is 7.77. The number of carbonyl (C=O) groups is 2. The maximum atomic E-state index is 12.8. The van der Waals surface area contributed by atoms with Crippen LogP contribution in [0.3, 0.4) is 0 Å². The van der Waals surface area contributed by atoms with Crippen molar-refractivity contribution in [3.63, 3.8) is 0 Å². The van der Waals surface area contributed by atoms with Crippen molar-refractivity contribution in [2.24, 2.45) is 11.7 Å². The summed E-state index contributed by atoms with van der Waals surface area (Å²) in [6.07, 6.45) is 1.95. The van der Waals surface area contributed by atoms with Crippen LogP contribution < -0.4 is 5.73 Å². The van der Waals surface area contributed by atoms with Gasteiger partial charge < -0.3 is 10.6 Å². The number of likely N-dealkylation sites (tertiary alicyclic amines) is 1. The van der Waals surface area contributed by atoms with Gasteiger partial charge >= 0.3 is 0 Å². The molecule has 4 heteroatoms. The SMILES string of the molecule is NC(=O)[C@H]1CCN(C(=O)C[C@H](Cc2ccccc2)c2ccccc2)C1. The first-order valence-electron chi connectivity index (χ1n) is 8.79. The van der Waals surface area contributed by atoms with E-state index in [-0.39, 0.29) is 23.7 Å². The lowest BCUT2D eigenvalue weighted by Crippen LogP contribution is -2.32. The first-order chi connectivity index (χ1) is 12.1. The van der Waals surface area contributed by atoms with Crippen molar-refractivity contribution in [2.75, 3.05) is 13.1 Å². The summed E-state index contributed by atoms with van der Waals surface area (Å²) >= 11 is 0. The maximum absolute atomic E-state index is 12.8. The first-order valence-corrected chi connectivity index (χ1v) is 8.79. The highest BCUT2D eigenvalue weighted by Crippen LogP contribution is 2.27. The molecule has 2 amide bonds. The van der Waals surface area contributed by atoms with Crippen LogP contribution >= 0.6 is 0 Å². The van der Waals surface area contributed by atoms with E-state index in [0.717, 1.165) is 6.42 Å². The maximum Gasteiger partial charge on any atom is 0.223 e. The van der Waals surface area contributed by atoms with Crippen molar-refractivity contribution in [2.45, 2.75) is 25.2 Å². The number of hydrogen-bond donors (Lipinski definition) is 1. The molecule has 0 unspecified atom stereocenters. The minimum absolute atomic E-state index is 0.105. The van der Waals surface area contributed by atoms with Gasteiger partial charge in [-0.15, -0.1) is 0 Å². The van der Waals surface area contributed by atoms with Crippen LogP contribution in [-0.2, 0) is 16.0 Å². The molecule has 2 aromatic rings. The van der Waals surface area contributed by atoms with Gasteiger partial charge in [-0.25, -0.2) is 0 Å². The summed E-state index contributed by atoms with van der Waals surface area (Å²) in [6.45, 7) is 1.08. The Kier molecular flexibility index (Phi) is 5.49. The molecule has 2 N–H and O–H groups in total. The Morgan fingerprint density at radius 2 is 1.68 bits per heavy atom. The molecule has 130 valence electrons. The average molecular weight is 336 g/mol. The third kappa shape index (κ3) is 4.47. The molecular weight excluding hydrogens is 312 g/mol. The first kappa shape index (κ1) is 17.2. The van der Waals surface area contributed by atoms with E-state index in [2.05, 4.69) is 24.3 Å². The van der Waals surface area contributed by atoms with Crippen LogP contribution in [0.25, 0.3) is 0 Å². The quantitative estimate of drug-likeness (QED) is 0.881. The van der Waals surface area contributed by atoms with Crippen LogP contribution in [0.4, 0.5) is 0 Å². The second-order valence-corrected chi connectivity index (χ2v) is 6.73. The molecule has 3 rings (SSSR count). The fraction of sp³-hybridized carbons (Fsp3) is 0.333. The lowest BCUT2D eigenvalue weighted by molar-refractivity contribution is -0.130. The number of rotatable bonds is 6. The van der Waals surface area contributed by atoms with Gasteiger partial charge in [0, 0.05) is 19.5 Å². The Morgan fingerprint density at radius 3 is 2.28 bits per heavy atom. The molecule has 1 fully saturated rings. The highest BCUT2D eigenvalue weighted by atomic mass is 16.2. The number of benzene rings is 2.